The van der Waals surface area contributed by atoms with E-state index in [2.05, 4.69) is 27.9 Å². The predicted octanol–water partition coefficient (Wildman–Crippen LogP) is 3.61. The number of aromatic nitrogens is 2. The standard InChI is InChI=1S/C21H26N4O/c1-15-7-5-11-24(14-15)20-13-18(22-16(2)23-20)21(26)25-12-6-9-17-8-3-4-10-19(17)25/h3-4,8,10,13,15H,5-7,9,11-12,14H2,1-2H3. The first-order valence-corrected chi connectivity index (χ1v) is 9.62. The quantitative estimate of drug-likeness (QED) is 0.830. The van der Waals surface area contributed by atoms with Crippen molar-refractivity contribution in [2.75, 3.05) is 29.4 Å². The van der Waals surface area contributed by atoms with E-state index in [1.165, 1.54) is 18.4 Å². The highest BCUT2D eigenvalue weighted by molar-refractivity contribution is 6.05. The van der Waals surface area contributed by atoms with Gasteiger partial charge in [0, 0.05) is 31.4 Å². The van der Waals surface area contributed by atoms with Crippen molar-refractivity contribution in [2.45, 2.75) is 39.5 Å². The monoisotopic (exact) mass is 350 g/mol. The van der Waals surface area contributed by atoms with Gasteiger partial charge in [-0.2, -0.15) is 0 Å². The number of benzene rings is 1. The number of amides is 1. The van der Waals surface area contributed by atoms with Gasteiger partial charge in [-0.15, -0.1) is 0 Å². The summed E-state index contributed by atoms with van der Waals surface area (Å²) >= 11 is 0. The van der Waals surface area contributed by atoms with Crippen LogP contribution in [0.5, 0.6) is 0 Å². The van der Waals surface area contributed by atoms with Gasteiger partial charge in [0.05, 0.1) is 0 Å². The van der Waals surface area contributed by atoms with Crippen LogP contribution in [0, 0.1) is 12.8 Å². The number of hydrogen-bond donors (Lipinski definition) is 0. The van der Waals surface area contributed by atoms with Crippen molar-refractivity contribution in [2.24, 2.45) is 5.92 Å². The van der Waals surface area contributed by atoms with Gasteiger partial charge in [0.25, 0.3) is 5.91 Å². The number of nitrogens with zero attached hydrogens (tertiary/aromatic N) is 4. The molecule has 4 rings (SSSR count). The smallest absolute Gasteiger partial charge is 0.277 e. The van der Waals surface area contributed by atoms with Crippen molar-refractivity contribution >= 4 is 17.4 Å². The van der Waals surface area contributed by atoms with Crippen LogP contribution in [0.25, 0.3) is 0 Å². The molecule has 26 heavy (non-hydrogen) atoms. The Bertz CT molecular complexity index is 819. The normalized spacial score (nSPS) is 20.0. The van der Waals surface area contributed by atoms with Crippen LogP contribution in [0.15, 0.2) is 30.3 Å². The molecule has 0 saturated carbocycles. The molecule has 1 aromatic heterocycles. The van der Waals surface area contributed by atoms with E-state index < -0.39 is 0 Å². The fraction of sp³-hybridized carbons (Fsp3) is 0.476. The Morgan fingerprint density at radius 1 is 1.15 bits per heavy atom. The first-order valence-electron chi connectivity index (χ1n) is 9.62. The number of fused-ring (bicyclic) bond motifs is 1. The third-order valence-electron chi connectivity index (χ3n) is 5.38. The lowest BCUT2D eigenvalue weighted by Gasteiger charge is -2.32. The molecule has 3 heterocycles. The number of aryl methyl sites for hydroxylation is 2. The number of anilines is 2. The molecule has 5 nitrogen and oxygen atoms in total. The molecule has 0 spiro atoms. The molecule has 1 saturated heterocycles. The molecule has 1 atom stereocenters. The SMILES string of the molecule is Cc1nc(C(=O)N2CCCc3ccccc32)cc(N2CCCC(C)C2)n1. The largest absolute Gasteiger partial charge is 0.356 e. The predicted molar refractivity (Wildman–Crippen MR) is 104 cm³/mol. The molecule has 0 bridgehead atoms. The second-order valence-corrected chi connectivity index (χ2v) is 7.54. The lowest BCUT2D eigenvalue weighted by atomic mass is 10.0. The van der Waals surface area contributed by atoms with Gasteiger partial charge < -0.3 is 9.80 Å². The van der Waals surface area contributed by atoms with Crippen LogP contribution in [-0.2, 0) is 6.42 Å². The fourth-order valence-corrected chi connectivity index (χ4v) is 4.10. The van der Waals surface area contributed by atoms with Gasteiger partial charge in [-0.3, -0.25) is 4.79 Å². The maximum atomic E-state index is 13.2. The van der Waals surface area contributed by atoms with Gasteiger partial charge in [0.2, 0.25) is 0 Å². The molecule has 2 aliphatic heterocycles. The molecule has 0 N–H and O–H groups in total. The van der Waals surface area contributed by atoms with Gasteiger partial charge in [-0.1, -0.05) is 25.1 Å². The van der Waals surface area contributed by atoms with Crippen molar-refractivity contribution in [1.29, 1.82) is 0 Å². The average molecular weight is 350 g/mol. The van der Waals surface area contributed by atoms with Crippen molar-refractivity contribution < 1.29 is 4.79 Å². The molecule has 5 heteroatoms. The Morgan fingerprint density at radius 2 is 2.00 bits per heavy atom. The van der Waals surface area contributed by atoms with Crippen LogP contribution in [-0.4, -0.2) is 35.5 Å². The number of rotatable bonds is 2. The van der Waals surface area contributed by atoms with Crippen molar-refractivity contribution in [1.82, 2.24) is 9.97 Å². The second-order valence-electron chi connectivity index (χ2n) is 7.54. The van der Waals surface area contributed by atoms with Crippen LogP contribution in [0.2, 0.25) is 0 Å². The summed E-state index contributed by atoms with van der Waals surface area (Å²) in [5.74, 6) is 2.19. The zero-order chi connectivity index (χ0) is 18.1. The van der Waals surface area contributed by atoms with Gasteiger partial charge in [-0.05, 0) is 50.2 Å². The number of carbonyl (C=O) groups excluding carboxylic acids is 1. The first kappa shape index (κ1) is 17.0. The number of piperidine rings is 1. The topological polar surface area (TPSA) is 49.3 Å². The van der Waals surface area contributed by atoms with Crippen molar-refractivity contribution in [3.63, 3.8) is 0 Å². The molecule has 1 unspecified atom stereocenters. The van der Waals surface area contributed by atoms with Gasteiger partial charge in [0.1, 0.15) is 17.3 Å². The Morgan fingerprint density at radius 3 is 2.85 bits per heavy atom. The van der Waals surface area contributed by atoms with Crippen LogP contribution >= 0.6 is 0 Å². The molecule has 136 valence electrons. The Hall–Kier alpha value is -2.43. The summed E-state index contributed by atoms with van der Waals surface area (Å²) in [5, 5.41) is 0. The van der Waals surface area contributed by atoms with Gasteiger partial charge in [0.15, 0.2) is 0 Å². The van der Waals surface area contributed by atoms with E-state index >= 15 is 0 Å². The Labute approximate surface area is 155 Å². The molecule has 2 aromatic rings. The summed E-state index contributed by atoms with van der Waals surface area (Å²) in [6.07, 6.45) is 4.45. The van der Waals surface area contributed by atoms with E-state index in [1.807, 2.05) is 36.1 Å². The van der Waals surface area contributed by atoms with Gasteiger partial charge >= 0.3 is 0 Å². The van der Waals surface area contributed by atoms with Crippen LogP contribution in [0.3, 0.4) is 0 Å². The third-order valence-corrected chi connectivity index (χ3v) is 5.38. The summed E-state index contributed by atoms with van der Waals surface area (Å²) in [6, 6.07) is 10.1. The minimum atomic E-state index is -0.0195. The van der Waals surface area contributed by atoms with Crippen molar-refractivity contribution in [3.05, 3.63) is 47.4 Å². The average Bonchev–Trinajstić information content (AvgIpc) is 2.66. The summed E-state index contributed by atoms with van der Waals surface area (Å²) in [5.41, 5.74) is 2.76. The van der Waals surface area contributed by atoms with Gasteiger partial charge in [-0.25, -0.2) is 9.97 Å². The molecule has 1 fully saturated rings. The fourth-order valence-electron chi connectivity index (χ4n) is 4.10. The van der Waals surface area contributed by atoms with E-state index in [0.717, 1.165) is 44.0 Å². The summed E-state index contributed by atoms with van der Waals surface area (Å²) in [6.45, 7) is 6.89. The minimum Gasteiger partial charge on any atom is -0.356 e. The third kappa shape index (κ3) is 3.30. The molecule has 0 aliphatic carbocycles. The van der Waals surface area contributed by atoms with Crippen LogP contribution in [0.4, 0.5) is 11.5 Å². The van der Waals surface area contributed by atoms with E-state index in [4.69, 9.17) is 0 Å². The highest BCUT2D eigenvalue weighted by atomic mass is 16.2. The van der Waals surface area contributed by atoms with E-state index in [-0.39, 0.29) is 5.91 Å². The zero-order valence-corrected chi connectivity index (χ0v) is 15.6. The zero-order valence-electron chi connectivity index (χ0n) is 15.6. The van der Waals surface area contributed by atoms with Crippen LogP contribution in [0.1, 0.15) is 48.1 Å². The Balaban J connectivity index is 1.65. The Kier molecular flexibility index (Phi) is 4.62. The van der Waals surface area contributed by atoms with E-state index in [0.29, 0.717) is 17.4 Å². The highest BCUT2D eigenvalue weighted by Gasteiger charge is 2.26. The summed E-state index contributed by atoms with van der Waals surface area (Å²) < 4.78 is 0. The molecular formula is C21H26N4O. The lowest BCUT2D eigenvalue weighted by molar-refractivity contribution is 0.0980. The maximum Gasteiger partial charge on any atom is 0.277 e. The second kappa shape index (κ2) is 7.06. The van der Waals surface area contributed by atoms with E-state index in [9.17, 15) is 4.79 Å². The van der Waals surface area contributed by atoms with Crippen LogP contribution < -0.4 is 9.80 Å². The molecule has 1 amide bonds. The first-order chi connectivity index (χ1) is 12.6. The summed E-state index contributed by atoms with van der Waals surface area (Å²) in [7, 11) is 0. The van der Waals surface area contributed by atoms with E-state index in [1.54, 1.807) is 0 Å². The molecule has 0 radical (unpaired) electrons. The number of carbonyl (C=O) groups is 1. The number of para-hydroxylation sites is 1. The van der Waals surface area contributed by atoms with Crippen molar-refractivity contribution in [3.8, 4) is 0 Å². The maximum absolute atomic E-state index is 13.2. The summed E-state index contributed by atoms with van der Waals surface area (Å²) in [4.78, 5) is 26.5. The molecule has 1 aromatic carbocycles. The molecule has 2 aliphatic rings. The number of hydrogen-bond acceptors (Lipinski definition) is 4. The molecular weight excluding hydrogens is 324 g/mol. The lowest BCUT2D eigenvalue weighted by Crippen LogP contribution is -2.37. The highest BCUT2D eigenvalue weighted by Crippen LogP contribution is 2.29. The minimum absolute atomic E-state index is 0.0195.